The topological polar surface area (TPSA) is 90.4 Å². The molecule has 0 bridgehead atoms. The van der Waals surface area contributed by atoms with Gasteiger partial charge in [0.2, 0.25) is 0 Å². The van der Waals surface area contributed by atoms with Crippen molar-refractivity contribution in [1.82, 2.24) is 9.97 Å². The number of hydrogen-bond acceptors (Lipinski definition) is 7. The van der Waals surface area contributed by atoms with Crippen LogP contribution in [-0.4, -0.2) is 29.0 Å². The van der Waals surface area contributed by atoms with Crippen molar-refractivity contribution in [3.05, 3.63) is 71.5 Å². The number of anilines is 1. The zero-order valence-electron chi connectivity index (χ0n) is 14.3. The number of esters is 1. The van der Waals surface area contributed by atoms with Gasteiger partial charge in [0.05, 0.1) is 7.11 Å². The van der Waals surface area contributed by atoms with E-state index in [9.17, 15) is 9.59 Å². The molecule has 0 spiro atoms. The van der Waals surface area contributed by atoms with Crippen molar-refractivity contribution in [3.63, 3.8) is 0 Å². The highest BCUT2D eigenvalue weighted by Crippen LogP contribution is 2.20. The van der Waals surface area contributed by atoms with Crippen molar-refractivity contribution >= 4 is 34.4 Å². The monoisotopic (exact) mass is 381 g/mol. The van der Waals surface area contributed by atoms with Gasteiger partial charge in [-0.15, -0.1) is 11.3 Å². The normalized spacial score (nSPS) is 10.6. The molecule has 1 N–H and O–H groups in total. The van der Waals surface area contributed by atoms with Crippen molar-refractivity contribution in [2.24, 2.45) is 0 Å². The fourth-order valence-electron chi connectivity index (χ4n) is 2.19. The Morgan fingerprint density at radius 2 is 1.89 bits per heavy atom. The van der Waals surface area contributed by atoms with E-state index in [0.717, 1.165) is 5.56 Å². The summed E-state index contributed by atoms with van der Waals surface area (Å²) in [6.07, 6.45) is 5.85. The van der Waals surface area contributed by atoms with Crippen LogP contribution < -0.4 is 14.8 Å². The van der Waals surface area contributed by atoms with E-state index in [1.165, 1.54) is 29.7 Å². The molecule has 0 saturated carbocycles. The Morgan fingerprint density at radius 3 is 2.67 bits per heavy atom. The lowest BCUT2D eigenvalue weighted by Gasteiger charge is -2.07. The van der Waals surface area contributed by atoms with Gasteiger partial charge >= 0.3 is 5.97 Å². The number of nitrogens with zero attached hydrogens (tertiary/aromatic N) is 2. The van der Waals surface area contributed by atoms with Crippen LogP contribution >= 0.6 is 11.3 Å². The number of hydrogen-bond donors (Lipinski definition) is 1. The van der Waals surface area contributed by atoms with Gasteiger partial charge in [-0.05, 0) is 24.3 Å². The van der Waals surface area contributed by atoms with Gasteiger partial charge in [0.1, 0.15) is 5.75 Å². The lowest BCUT2D eigenvalue weighted by Crippen LogP contribution is -2.16. The number of nitrogens with one attached hydrogen (secondary N) is 1. The molecule has 0 aliphatic carbocycles. The zero-order chi connectivity index (χ0) is 19.1. The second-order valence-corrected chi connectivity index (χ2v) is 6.03. The molecule has 136 valence electrons. The minimum Gasteiger partial charge on any atom is -0.496 e. The molecule has 8 heteroatoms. The molecule has 2 heterocycles. The van der Waals surface area contributed by atoms with E-state index >= 15 is 0 Å². The van der Waals surface area contributed by atoms with Gasteiger partial charge in [-0.2, -0.15) is 0 Å². The van der Waals surface area contributed by atoms with Crippen LogP contribution in [0, 0.1) is 0 Å². The molecule has 0 unspecified atom stereocenters. The van der Waals surface area contributed by atoms with Gasteiger partial charge in [0.15, 0.2) is 16.6 Å². The summed E-state index contributed by atoms with van der Waals surface area (Å²) < 4.78 is 10.5. The van der Waals surface area contributed by atoms with E-state index in [-0.39, 0.29) is 11.4 Å². The lowest BCUT2D eigenvalue weighted by atomic mass is 10.2. The third-order valence-corrected chi connectivity index (χ3v) is 4.08. The van der Waals surface area contributed by atoms with Crippen molar-refractivity contribution in [1.29, 1.82) is 0 Å². The summed E-state index contributed by atoms with van der Waals surface area (Å²) in [6, 6.07) is 10.3. The number of rotatable bonds is 6. The molecule has 3 rings (SSSR count). The Bertz CT molecular complexity index is 971. The molecule has 0 aliphatic heterocycles. The minimum absolute atomic E-state index is 0.00765. The summed E-state index contributed by atoms with van der Waals surface area (Å²) in [5.74, 6) is -0.466. The van der Waals surface area contributed by atoms with Gasteiger partial charge < -0.3 is 9.47 Å². The van der Waals surface area contributed by atoms with Crippen molar-refractivity contribution in [3.8, 4) is 11.5 Å². The Labute approximate surface area is 159 Å². The lowest BCUT2D eigenvalue weighted by molar-refractivity contribution is -0.128. The number of pyridine rings is 1. The molecule has 0 saturated heterocycles. The summed E-state index contributed by atoms with van der Waals surface area (Å²) >= 11 is 1.27. The maximum Gasteiger partial charge on any atom is 0.336 e. The molecule has 0 radical (unpaired) electrons. The number of carbonyl (C=O) groups is 2. The van der Waals surface area contributed by atoms with Crippen molar-refractivity contribution in [2.75, 3.05) is 12.4 Å². The highest BCUT2D eigenvalue weighted by atomic mass is 32.1. The van der Waals surface area contributed by atoms with Gasteiger partial charge in [-0.25, -0.2) is 14.8 Å². The fourth-order valence-corrected chi connectivity index (χ4v) is 2.71. The van der Waals surface area contributed by atoms with Crippen LogP contribution in [0.3, 0.4) is 0 Å². The predicted molar refractivity (Wildman–Crippen MR) is 102 cm³/mol. The summed E-state index contributed by atoms with van der Waals surface area (Å²) in [5, 5.41) is 4.77. The molecule has 1 aromatic carbocycles. The Morgan fingerprint density at radius 1 is 1.07 bits per heavy atom. The van der Waals surface area contributed by atoms with Gasteiger partial charge in [0.25, 0.3) is 5.91 Å². The third-order valence-electron chi connectivity index (χ3n) is 3.39. The zero-order valence-corrected chi connectivity index (χ0v) is 15.1. The molecule has 2 aromatic heterocycles. The first-order valence-corrected chi connectivity index (χ1v) is 8.74. The maximum absolute atomic E-state index is 12.3. The molecule has 27 heavy (non-hydrogen) atoms. The second-order valence-electron chi connectivity index (χ2n) is 5.14. The first-order chi connectivity index (χ1) is 13.2. The second kappa shape index (κ2) is 8.72. The van der Waals surface area contributed by atoms with Crippen LogP contribution in [-0.2, 0) is 4.79 Å². The van der Waals surface area contributed by atoms with Crippen LogP contribution in [0.5, 0.6) is 11.5 Å². The number of amides is 1. The molecule has 7 nitrogen and oxygen atoms in total. The van der Waals surface area contributed by atoms with E-state index in [1.54, 1.807) is 43.0 Å². The van der Waals surface area contributed by atoms with Crippen LogP contribution in [0.1, 0.15) is 16.1 Å². The summed E-state index contributed by atoms with van der Waals surface area (Å²) in [6.45, 7) is 0. The number of carbonyl (C=O) groups excluding carboxylic acids is 2. The quantitative estimate of drug-likeness (QED) is 0.520. The third kappa shape index (κ3) is 4.77. The highest BCUT2D eigenvalue weighted by molar-refractivity contribution is 7.13. The number of thiazole rings is 1. The molecule has 0 atom stereocenters. The fraction of sp³-hybridized carbons (Fsp3) is 0.0526. The van der Waals surface area contributed by atoms with Gasteiger partial charge in [-0.3, -0.25) is 10.1 Å². The Balaban J connectivity index is 1.73. The number of para-hydroxylation sites is 1. The average molecular weight is 381 g/mol. The van der Waals surface area contributed by atoms with E-state index in [1.807, 2.05) is 12.1 Å². The van der Waals surface area contributed by atoms with E-state index in [0.29, 0.717) is 10.9 Å². The minimum atomic E-state index is -0.641. The van der Waals surface area contributed by atoms with Gasteiger partial charge in [-0.1, -0.05) is 18.2 Å². The Hall–Kier alpha value is -3.52. The smallest absolute Gasteiger partial charge is 0.336 e. The molecule has 0 fully saturated rings. The van der Waals surface area contributed by atoms with E-state index in [4.69, 9.17) is 9.47 Å². The summed E-state index contributed by atoms with van der Waals surface area (Å²) in [7, 11) is 1.55. The van der Waals surface area contributed by atoms with Crippen molar-refractivity contribution in [2.45, 2.75) is 0 Å². The maximum atomic E-state index is 12.3. The number of methoxy groups -OCH3 is 1. The van der Waals surface area contributed by atoms with Crippen LogP contribution in [0.4, 0.5) is 5.13 Å². The van der Waals surface area contributed by atoms with E-state index in [2.05, 4.69) is 15.3 Å². The number of benzene rings is 1. The molecule has 1 amide bonds. The van der Waals surface area contributed by atoms with Crippen LogP contribution in [0.15, 0.2) is 60.2 Å². The first kappa shape index (κ1) is 18.3. The molecular weight excluding hydrogens is 366 g/mol. The Kier molecular flexibility index (Phi) is 5.91. The standard InChI is InChI=1S/C19H15N3O4S/c1-25-14-6-3-2-5-13(14)8-9-16(23)26-15-7-4-10-20-17(15)18(24)22-19-21-11-12-27-19/h2-12H,1H3,(H,21,22,24)/b9-8+. The molecule has 0 aliphatic rings. The predicted octanol–water partition coefficient (Wildman–Crippen LogP) is 3.42. The largest absolute Gasteiger partial charge is 0.496 e. The van der Waals surface area contributed by atoms with Crippen LogP contribution in [0.2, 0.25) is 0 Å². The average Bonchev–Trinajstić information content (AvgIpc) is 3.20. The van der Waals surface area contributed by atoms with Gasteiger partial charge in [0, 0.05) is 29.4 Å². The number of aromatic nitrogens is 2. The summed E-state index contributed by atoms with van der Waals surface area (Å²) in [5.41, 5.74) is 0.719. The number of ether oxygens (including phenoxy) is 2. The molecule has 3 aromatic rings. The van der Waals surface area contributed by atoms with Crippen LogP contribution in [0.25, 0.3) is 6.08 Å². The summed E-state index contributed by atoms with van der Waals surface area (Å²) in [4.78, 5) is 32.5. The SMILES string of the molecule is COc1ccccc1/C=C/C(=O)Oc1cccnc1C(=O)Nc1nccs1. The van der Waals surface area contributed by atoms with Crippen molar-refractivity contribution < 1.29 is 19.1 Å². The first-order valence-electron chi connectivity index (χ1n) is 7.86. The van der Waals surface area contributed by atoms with E-state index < -0.39 is 11.9 Å². The molecular formula is C19H15N3O4S. The highest BCUT2D eigenvalue weighted by Gasteiger charge is 2.17.